The first-order valence-corrected chi connectivity index (χ1v) is 7.15. The molecule has 1 saturated heterocycles. The zero-order chi connectivity index (χ0) is 14.5. The van der Waals surface area contributed by atoms with Crippen LogP contribution in [0.3, 0.4) is 0 Å². The minimum atomic E-state index is -0.0583. The monoisotopic (exact) mass is 280 g/mol. The minimum absolute atomic E-state index is 0.0361. The van der Waals surface area contributed by atoms with Gasteiger partial charge in [-0.2, -0.15) is 5.10 Å². The van der Waals surface area contributed by atoms with Crippen molar-refractivity contribution in [1.29, 1.82) is 0 Å². The predicted molar refractivity (Wildman–Crippen MR) is 76.8 cm³/mol. The summed E-state index contributed by atoms with van der Waals surface area (Å²) in [6, 6.07) is 2.19. The van der Waals surface area contributed by atoms with Crippen LogP contribution in [0, 0.1) is 0 Å². The number of aromatic nitrogens is 2. The van der Waals surface area contributed by atoms with Crippen LogP contribution in [-0.4, -0.2) is 60.5 Å². The number of likely N-dealkylation sites (N-methyl/N-ethyl adjacent to an activating group) is 1. The van der Waals surface area contributed by atoms with Gasteiger partial charge in [0.25, 0.3) is 5.91 Å². The predicted octanol–water partition coefficient (Wildman–Crippen LogP) is 0.914. The topological polar surface area (TPSA) is 59.4 Å². The third-order valence-corrected chi connectivity index (χ3v) is 3.86. The lowest BCUT2D eigenvalue weighted by atomic mass is 10.1. The van der Waals surface area contributed by atoms with Crippen molar-refractivity contribution in [2.24, 2.45) is 0 Å². The van der Waals surface area contributed by atoms with Gasteiger partial charge in [-0.05, 0) is 32.4 Å². The lowest BCUT2D eigenvalue weighted by Crippen LogP contribution is -2.38. The molecule has 2 unspecified atom stereocenters. The molecule has 1 aromatic heterocycles. The highest BCUT2D eigenvalue weighted by Gasteiger charge is 2.21. The van der Waals surface area contributed by atoms with Gasteiger partial charge in [-0.1, -0.05) is 0 Å². The number of rotatable bonds is 5. The molecule has 6 nitrogen and oxygen atoms in total. The Morgan fingerprint density at radius 3 is 3.15 bits per heavy atom. The summed E-state index contributed by atoms with van der Waals surface area (Å²) in [5, 5.41) is 7.80. The average Bonchev–Trinajstić information content (AvgIpc) is 2.96. The summed E-state index contributed by atoms with van der Waals surface area (Å²) in [4.78, 5) is 14.0. The number of methoxy groups -OCH3 is 1. The van der Waals surface area contributed by atoms with Gasteiger partial charge in [0.15, 0.2) is 0 Å². The molecule has 2 rings (SSSR count). The van der Waals surface area contributed by atoms with Crippen LogP contribution in [0.4, 0.5) is 0 Å². The number of hydrogen-bond acceptors (Lipinski definition) is 4. The highest BCUT2D eigenvalue weighted by molar-refractivity contribution is 5.92. The Kier molecular flexibility index (Phi) is 5.14. The number of ether oxygens (including phenoxy) is 1. The minimum Gasteiger partial charge on any atom is -0.383 e. The number of carbonyl (C=O) groups is 1. The molecular formula is C14H24N4O2. The van der Waals surface area contributed by atoms with Crippen LogP contribution in [0.2, 0.25) is 0 Å². The fourth-order valence-corrected chi connectivity index (χ4v) is 2.45. The summed E-state index contributed by atoms with van der Waals surface area (Å²) in [5.74, 6) is -0.0583. The zero-order valence-corrected chi connectivity index (χ0v) is 12.5. The second kappa shape index (κ2) is 6.85. The summed E-state index contributed by atoms with van der Waals surface area (Å²) in [6.07, 6.45) is 4.16. The van der Waals surface area contributed by atoms with Crippen molar-refractivity contribution >= 4 is 5.91 Å². The number of nitrogens with one attached hydrogen (secondary N) is 1. The summed E-state index contributed by atoms with van der Waals surface area (Å²) in [7, 11) is 3.42. The van der Waals surface area contributed by atoms with E-state index in [0.29, 0.717) is 18.3 Å². The molecule has 1 N–H and O–H groups in total. The van der Waals surface area contributed by atoms with E-state index in [9.17, 15) is 4.79 Å². The first-order chi connectivity index (χ1) is 9.63. The first-order valence-electron chi connectivity index (χ1n) is 7.15. The summed E-state index contributed by atoms with van der Waals surface area (Å²) >= 11 is 0. The number of hydrogen-bond donors (Lipinski definition) is 1. The Hall–Kier alpha value is -1.40. The molecule has 0 saturated carbocycles. The third-order valence-electron chi connectivity index (χ3n) is 3.86. The Morgan fingerprint density at radius 1 is 1.70 bits per heavy atom. The molecule has 2 atom stereocenters. The van der Waals surface area contributed by atoms with Gasteiger partial charge in [-0.3, -0.25) is 9.48 Å². The van der Waals surface area contributed by atoms with Gasteiger partial charge in [0.1, 0.15) is 5.69 Å². The van der Waals surface area contributed by atoms with E-state index >= 15 is 0 Å². The van der Waals surface area contributed by atoms with Crippen LogP contribution >= 0.6 is 0 Å². The molecule has 0 aromatic carbocycles. The smallest absolute Gasteiger partial charge is 0.274 e. The molecule has 1 aliphatic heterocycles. The maximum Gasteiger partial charge on any atom is 0.274 e. The second-order valence-electron chi connectivity index (χ2n) is 5.40. The maximum atomic E-state index is 12.3. The number of piperidine rings is 1. The van der Waals surface area contributed by atoms with Crippen LogP contribution in [0.5, 0.6) is 0 Å². The van der Waals surface area contributed by atoms with Gasteiger partial charge in [-0.15, -0.1) is 0 Å². The van der Waals surface area contributed by atoms with Crippen molar-refractivity contribution in [2.45, 2.75) is 31.8 Å². The quantitative estimate of drug-likeness (QED) is 0.871. The van der Waals surface area contributed by atoms with E-state index in [1.165, 1.54) is 0 Å². The normalized spacial score (nSPS) is 20.6. The van der Waals surface area contributed by atoms with Gasteiger partial charge in [0, 0.05) is 26.9 Å². The van der Waals surface area contributed by atoms with Crippen LogP contribution in [0.1, 0.15) is 36.3 Å². The molecule has 1 aromatic rings. The van der Waals surface area contributed by atoms with E-state index in [2.05, 4.69) is 10.4 Å². The van der Waals surface area contributed by atoms with Crippen LogP contribution in [0.25, 0.3) is 0 Å². The molecule has 0 radical (unpaired) electrons. The molecular weight excluding hydrogens is 256 g/mol. The molecule has 20 heavy (non-hydrogen) atoms. The van der Waals surface area contributed by atoms with E-state index in [4.69, 9.17) is 4.74 Å². The van der Waals surface area contributed by atoms with Crippen molar-refractivity contribution < 1.29 is 9.53 Å². The Balaban J connectivity index is 2.02. The highest BCUT2D eigenvalue weighted by atomic mass is 16.5. The molecule has 0 aliphatic carbocycles. The fraction of sp³-hybridized carbons (Fsp3) is 0.714. The SMILES string of the molecule is COCC(C)N(C)C(=O)c1ccn(C2CCCNC2)n1. The number of nitrogens with zero attached hydrogens (tertiary/aromatic N) is 3. The van der Waals surface area contributed by atoms with Crippen molar-refractivity contribution in [3.8, 4) is 0 Å². The van der Waals surface area contributed by atoms with Crippen molar-refractivity contribution in [3.63, 3.8) is 0 Å². The van der Waals surface area contributed by atoms with Gasteiger partial charge < -0.3 is 15.0 Å². The Morgan fingerprint density at radius 2 is 2.50 bits per heavy atom. The number of carbonyl (C=O) groups excluding carboxylic acids is 1. The summed E-state index contributed by atoms with van der Waals surface area (Å²) in [5.41, 5.74) is 0.501. The lowest BCUT2D eigenvalue weighted by molar-refractivity contribution is 0.0626. The molecule has 0 bridgehead atoms. The van der Waals surface area contributed by atoms with Gasteiger partial charge >= 0.3 is 0 Å². The van der Waals surface area contributed by atoms with E-state index < -0.39 is 0 Å². The van der Waals surface area contributed by atoms with Crippen molar-refractivity contribution in [3.05, 3.63) is 18.0 Å². The van der Waals surface area contributed by atoms with Gasteiger partial charge in [0.05, 0.1) is 18.7 Å². The van der Waals surface area contributed by atoms with Crippen LogP contribution in [0.15, 0.2) is 12.3 Å². The zero-order valence-electron chi connectivity index (χ0n) is 12.5. The second-order valence-corrected chi connectivity index (χ2v) is 5.40. The molecule has 0 spiro atoms. The molecule has 1 fully saturated rings. The van der Waals surface area contributed by atoms with Gasteiger partial charge in [0.2, 0.25) is 0 Å². The Bertz CT molecular complexity index is 440. The van der Waals surface area contributed by atoms with Crippen LogP contribution in [-0.2, 0) is 4.74 Å². The maximum absolute atomic E-state index is 12.3. The van der Waals surface area contributed by atoms with Crippen LogP contribution < -0.4 is 5.32 Å². The average molecular weight is 280 g/mol. The fourth-order valence-electron chi connectivity index (χ4n) is 2.45. The van der Waals surface area contributed by atoms with Crippen molar-refractivity contribution in [2.75, 3.05) is 33.9 Å². The number of amides is 1. The Labute approximate surface area is 120 Å². The highest BCUT2D eigenvalue weighted by Crippen LogP contribution is 2.16. The molecule has 2 heterocycles. The molecule has 6 heteroatoms. The molecule has 112 valence electrons. The molecule has 1 aliphatic rings. The summed E-state index contributed by atoms with van der Waals surface area (Å²) in [6.45, 7) is 4.48. The first kappa shape index (κ1) is 15.0. The largest absolute Gasteiger partial charge is 0.383 e. The third kappa shape index (κ3) is 3.37. The van der Waals surface area contributed by atoms with Gasteiger partial charge in [-0.25, -0.2) is 0 Å². The van der Waals surface area contributed by atoms with E-state index in [0.717, 1.165) is 25.9 Å². The van der Waals surface area contributed by atoms with E-state index in [-0.39, 0.29) is 11.9 Å². The molecule has 1 amide bonds. The lowest BCUT2D eigenvalue weighted by Gasteiger charge is -2.24. The van der Waals surface area contributed by atoms with E-state index in [1.807, 2.05) is 17.8 Å². The standard InChI is InChI=1S/C14H24N4O2/c1-11(10-20-3)17(2)14(19)13-6-8-18(16-13)12-5-4-7-15-9-12/h6,8,11-12,15H,4-5,7,9-10H2,1-3H3. The van der Waals surface area contributed by atoms with E-state index in [1.54, 1.807) is 25.1 Å². The van der Waals surface area contributed by atoms with Crippen molar-refractivity contribution in [1.82, 2.24) is 20.0 Å². The summed E-state index contributed by atoms with van der Waals surface area (Å²) < 4.78 is 6.99.